The lowest BCUT2D eigenvalue weighted by atomic mass is 10.1. The first-order valence-corrected chi connectivity index (χ1v) is 6.77. The van der Waals surface area contributed by atoms with Crippen LogP contribution in [0.3, 0.4) is 0 Å². The Hall–Kier alpha value is -1.92. The number of hydrogen-bond acceptors (Lipinski definition) is 4. The third-order valence-corrected chi connectivity index (χ3v) is 2.94. The van der Waals surface area contributed by atoms with Crippen molar-refractivity contribution in [3.8, 4) is 17.9 Å². The maximum absolute atomic E-state index is 13.3. The lowest BCUT2D eigenvalue weighted by molar-refractivity contribution is 0.145. The van der Waals surface area contributed by atoms with Crippen LogP contribution in [0.2, 0.25) is 0 Å². The summed E-state index contributed by atoms with van der Waals surface area (Å²) in [4.78, 5) is 2.09. The van der Waals surface area contributed by atoms with E-state index in [4.69, 9.17) is 15.7 Å². The zero-order chi connectivity index (χ0) is 15.5. The molecule has 4 nitrogen and oxygen atoms in total. The second-order valence-corrected chi connectivity index (χ2v) is 4.48. The molecule has 0 atom stereocenters. The predicted octanol–water partition coefficient (Wildman–Crippen LogP) is 1.50. The number of ether oxygens (including phenoxy) is 1. The average molecular weight is 289 g/mol. The Kier molecular flexibility index (Phi) is 8.08. The minimum atomic E-state index is -0.319. The molecule has 0 heterocycles. The Morgan fingerprint density at radius 2 is 2.19 bits per heavy atom. The van der Waals surface area contributed by atoms with Crippen LogP contribution < -0.4 is 5.73 Å². The van der Waals surface area contributed by atoms with E-state index in [1.165, 1.54) is 12.1 Å². The zero-order valence-electron chi connectivity index (χ0n) is 12.2. The third kappa shape index (κ3) is 6.37. The second kappa shape index (κ2) is 9.90. The van der Waals surface area contributed by atoms with E-state index in [0.29, 0.717) is 38.2 Å². The summed E-state index contributed by atoms with van der Waals surface area (Å²) in [6.07, 6.45) is 0.439. The molecule has 0 radical (unpaired) electrons. The van der Waals surface area contributed by atoms with Crippen molar-refractivity contribution in [2.45, 2.75) is 13.0 Å². The van der Waals surface area contributed by atoms with Gasteiger partial charge in [-0.3, -0.25) is 4.90 Å². The highest BCUT2D eigenvalue weighted by Crippen LogP contribution is 2.13. The molecule has 2 N–H and O–H groups in total. The number of benzene rings is 1. The summed E-state index contributed by atoms with van der Waals surface area (Å²) < 4.78 is 18.4. The number of nitriles is 1. The van der Waals surface area contributed by atoms with Crippen LogP contribution in [0.15, 0.2) is 18.2 Å². The molecule has 0 spiro atoms. The molecule has 1 aromatic rings. The van der Waals surface area contributed by atoms with Crippen LogP contribution in [0.1, 0.15) is 17.5 Å². The van der Waals surface area contributed by atoms with Gasteiger partial charge in [0.05, 0.1) is 19.2 Å². The van der Waals surface area contributed by atoms with Gasteiger partial charge in [0, 0.05) is 38.7 Å². The molecule has 5 heteroatoms. The van der Waals surface area contributed by atoms with Gasteiger partial charge in [-0.1, -0.05) is 17.9 Å². The standard InChI is InChI=1S/C16H20FN3O/c1-21-11-10-20(9-3-8-19)13-15-5-6-16(17)12-14(15)4-2-7-18/h5-6,12H,3,7,9-11,13,18H2,1H3. The Bertz CT molecular complexity index is 543. The SMILES string of the molecule is COCCN(CCC#N)Cc1ccc(F)cc1C#CCN. The smallest absolute Gasteiger partial charge is 0.124 e. The lowest BCUT2D eigenvalue weighted by Gasteiger charge is -2.21. The molecule has 0 bridgehead atoms. The fourth-order valence-corrected chi connectivity index (χ4v) is 1.89. The molecule has 1 aromatic carbocycles. The summed E-state index contributed by atoms with van der Waals surface area (Å²) in [7, 11) is 1.64. The molecule has 0 unspecified atom stereocenters. The largest absolute Gasteiger partial charge is 0.383 e. The fourth-order valence-electron chi connectivity index (χ4n) is 1.89. The summed E-state index contributed by atoms with van der Waals surface area (Å²) in [5.74, 6) is 5.32. The van der Waals surface area contributed by atoms with E-state index >= 15 is 0 Å². The van der Waals surface area contributed by atoms with Gasteiger partial charge in [0.1, 0.15) is 5.82 Å². The van der Waals surface area contributed by atoms with E-state index in [2.05, 4.69) is 22.8 Å². The van der Waals surface area contributed by atoms with Crippen molar-refractivity contribution < 1.29 is 9.13 Å². The molecular formula is C16H20FN3O. The molecule has 0 saturated heterocycles. The van der Waals surface area contributed by atoms with Crippen LogP contribution in [0.25, 0.3) is 0 Å². The van der Waals surface area contributed by atoms with Crippen molar-refractivity contribution in [2.24, 2.45) is 5.73 Å². The molecule has 0 saturated carbocycles. The summed E-state index contributed by atoms with van der Waals surface area (Å²) in [6, 6.07) is 6.69. The zero-order valence-corrected chi connectivity index (χ0v) is 12.2. The number of methoxy groups -OCH3 is 1. The van der Waals surface area contributed by atoms with E-state index in [0.717, 1.165) is 5.56 Å². The minimum absolute atomic E-state index is 0.234. The summed E-state index contributed by atoms with van der Waals surface area (Å²) >= 11 is 0. The maximum Gasteiger partial charge on any atom is 0.124 e. The number of hydrogen-bond donors (Lipinski definition) is 1. The summed E-state index contributed by atoms with van der Waals surface area (Å²) in [5, 5.41) is 8.72. The number of nitrogens with two attached hydrogens (primary N) is 1. The Balaban J connectivity index is 2.88. The highest BCUT2D eigenvalue weighted by Gasteiger charge is 2.09. The second-order valence-electron chi connectivity index (χ2n) is 4.48. The van der Waals surface area contributed by atoms with Crippen LogP contribution in [0.4, 0.5) is 4.39 Å². The number of rotatable bonds is 7. The molecule has 0 fully saturated rings. The Morgan fingerprint density at radius 3 is 2.86 bits per heavy atom. The minimum Gasteiger partial charge on any atom is -0.383 e. The van der Waals surface area contributed by atoms with Crippen LogP contribution >= 0.6 is 0 Å². The van der Waals surface area contributed by atoms with Gasteiger partial charge < -0.3 is 10.5 Å². The van der Waals surface area contributed by atoms with E-state index in [1.807, 2.05) is 0 Å². The maximum atomic E-state index is 13.3. The van der Waals surface area contributed by atoms with Crippen molar-refractivity contribution in [2.75, 3.05) is 33.4 Å². The summed E-state index contributed by atoms with van der Waals surface area (Å²) in [5.41, 5.74) is 6.93. The molecule has 112 valence electrons. The molecule has 0 aliphatic carbocycles. The highest BCUT2D eigenvalue weighted by atomic mass is 19.1. The van der Waals surface area contributed by atoms with Crippen molar-refractivity contribution in [3.05, 3.63) is 35.1 Å². The first kappa shape index (κ1) is 17.1. The normalized spacial score (nSPS) is 10.0. The van der Waals surface area contributed by atoms with Crippen LogP contribution in [0.5, 0.6) is 0 Å². The van der Waals surface area contributed by atoms with Crippen LogP contribution in [-0.4, -0.2) is 38.3 Å². The van der Waals surface area contributed by atoms with E-state index < -0.39 is 0 Å². The van der Waals surface area contributed by atoms with Crippen molar-refractivity contribution in [1.82, 2.24) is 4.90 Å². The van der Waals surface area contributed by atoms with Crippen molar-refractivity contribution in [1.29, 1.82) is 5.26 Å². The highest BCUT2D eigenvalue weighted by molar-refractivity contribution is 5.41. The Labute approximate surface area is 125 Å². The number of halogens is 1. The molecule has 0 amide bonds. The average Bonchev–Trinajstić information content (AvgIpc) is 2.49. The lowest BCUT2D eigenvalue weighted by Crippen LogP contribution is -2.28. The van der Waals surface area contributed by atoms with Gasteiger partial charge in [0.2, 0.25) is 0 Å². The molecule has 0 aliphatic rings. The van der Waals surface area contributed by atoms with Gasteiger partial charge in [0.25, 0.3) is 0 Å². The predicted molar refractivity (Wildman–Crippen MR) is 79.7 cm³/mol. The molecule has 0 aliphatic heterocycles. The third-order valence-electron chi connectivity index (χ3n) is 2.94. The van der Waals surface area contributed by atoms with Gasteiger partial charge >= 0.3 is 0 Å². The van der Waals surface area contributed by atoms with Crippen LogP contribution in [0, 0.1) is 29.0 Å². The molecule has 21 heavy (non-hydrogen) atoms. The molecule has 1 rings (SSSR count). The first-order chi connectivity index (χ1) is 10.2. The van der Waals surface area contributed by atoms with Crippen molar-refractivity contribution >= 4 is 0 Å². The monoisotopic (exact) mass is 289 g/mol. The van der Waals surface area contributed by atoms with E-state index in [1.54, 1.807) is 13.2 Å². The fraction of sp³-hybridized carbons (Fsp3) is 0.438. The van der Waals surface area contributed by atoms with Crippen LogP contribution in [-0.2, 0) is 11.3 Å². The van der Waals surface area contributed by atoms with Gasteiger partial charge in [-0.05, 0) is 17.7 Å². The van der Waals surface area contributed by atoms with Gasteiger partial charge in [-0.15, -0.1) is 0 Å². The van der Waals surface area contributed by atoms with Crippen molar-refractivity contribution in [3.63, 3.8) is 0 Å². The topological polar surface area (TPSA) is 62.3 Å². The number of nitrogens with zero attached hydrogens (tertiary/aromatic N) is 2. The quantitative estimate of drug-likeness (QED) is 0.773. The van der Waals surface area contributed by atoms with Gasteiger partial charge in [0.15, 0.2) is 0 Å². The van der Waals surface area contributed by atoms with E-state index in [-0.39, 0.29) is 12.4 Å². The molecule has 0 aromatic heterocycles. The van der Waals surface area contributed by atoms with E-state index in [9.17, 15) is 4.39 Å². The first-order valence-electron chi connectivity index (χ1n) is 6.77. The van der Waals surface area contributed by atoms with Gasteiger partial charge in [-0.25, -0.2) is 4.39 Å². The summed E-state index contributed by atoms with van der Waals surface area (Å²) in [6.45, 7) is 2.76. The Morgan fingerprint density at radius 1 is 1.38 bits per heavy atom. The van der Waals surface area contributed by atoms with Gasteiger partial charge in [-0.2, -0.15) is 5.26 Å². The molecular weight excluding hydrogens is 269 g/mol.